The molecule has 0 N–H and O–H groups in total. The number of benzene rings is 1. The fraction of sp³-hybridized carbons (Fsp3) is 0.500. The summed E-state index contributed by atoms with van der Waals surface area (Å²) in [4.78, 5) is 52.4. The largest absolute Gasteiger partial charge is 0.365 e. The normalized spacial score (nSPS) is 16.2. The Morgan fingerprint density at radius 2 is 1.80 bits per heavy atom. The van der Waals surface area contributed by atoms with Crippen LogP contribution in [-0.2, 0) is 20.7 Å². The maximum atomic E-state index is 13.3. The molecule has 0 spiro atoms. The summed E-state index contributed by atoms with van der Waals surface area (Å²) in [5.41, 5.74) is 2.06. The van der Waals surface area contributed by atoms with E-state index in [9.17, 15) is 14.4 Å². The Labute approximate surface area is 207 Å². The van der Waals surface area contributed by atoms with Crippen molar-refractivity contribution < 1.29 is 19.1 Å². The summed E-state index contributed by atoms with van der Waals surface area (Å²) >= 11 is 0. The maximum Gasteiger partial charge on any atom is 0.273 e. The van der Waals surface area contributed by atoms with E-state index in [0.717, 1.165) is 5.56 Å². The third-order valence-electron chi connectivity index (χ3n) is 6.07. The van der Waals surface area contributed by atoms with Gasteiger partial charge >= 0.3 is 0 Å². The molecule has 1 aromatic heterocycles. The summed E-state index contributed by atoms with van der Waals surface area (Å²) in [6, 6.07) is 11.6. The van der Waals surface area contributed by atoms with Crippen LogP contribution in [0.15, 0.2) is 36.4 Å². The van der Waals surface area contributed by atoms with Gasteiger partial charge in [0.1, 0.15) is 24.7 Å². The topological polar surface area (TPSA) is 95.9 Å². The highest BCUT2D eigenvalue weighted by atomic mass is 16.5. The van der Waals surface area contributed by atoms with E-state index in [1.807, 2.05) is 44.2 Å². The molecule has 1 aromatic carbocycles. The minimum absolute atomic E-state index is 0.0699. The number of rotatable bonds is 9. The highest BCUT2D eigenvalue weighted by Gasteiger charge is 2.32. The zero-order chi connectivity index (χ0) is 25.4. The molecule has 1 fully saturated rings. The molecule has 3 rings (SSSR count). The molecule has 188 valence electrons. The van der Waals surface area contributed by atoms with E-state index in [2.05, 4.69) is 9.97 Å². The highest BCUT2D eigenvalue weighted by molar-refractivity contribution is 5.95. The number of carbonyl (C=O) groups excluding carboxylic acids is 3. The van der Waals surface area contributed by atoms with E-state index in [1.54, 1.807) is 29.7 Å². The van der Waals surface area contributed by atoms with E-state index in [-0.39, 0.29) is 43.1 Å². The number of aryl methyl sites for hydroxylation is 2. The van der Waals surface area contributed by atoms with Crippen molar-refractivity contribution in [1.82, 2.24) is 24.7 Å². The molecule has 3 amide bonds. The van der Waals surface area contributed by atoms with E-state index >= 15 is 0 Å². The van der Waals surface area contributed by atoms with Crippen molar-refractivity contribution in [3.05, 3.63) is 59.2 Å². The molecule has 0 saturated carbocycles. The van der Waals surface area contributed by atoms with Crippen LogP contribution in [0.3, 0.4) is 0 Å². The zero-order valence-electron chi connectivity index (χ0n) is 21.1. The van der Waals surface area contributed by atoms with E-state index in [0.29, 0.717) is 44.1 Å². The van der Waals surface area contributed by atoms with Gasteiger partial charge in [-0.05, 0) is 45.7 Å². The number of ether oxygens (including phenoxy) is 1. The fourth-order valence-corrected chi connectivity index (χ4v) is 4.21. The van der Waals surface area contributed by atoms with Gasteiger partial charge in [-0.25, -0.2) is 9.97 Å². The summed E-state index contributed by atoms with van der Waals surface area (Å²) in [6.45, 7) is 9.41. The summed E-state index contributed by atoms with van der Waals surface area (Å²) in [7, 11) is 0. The smallest absolute Gasteiger partial charge is 0.273 e. The fourth-order valence-electron chi connectivity index (χ4n) is 4.21. The zero-order valence-corrected chi connectivity index (χ0v) is 21.1. The molecule has 0 aliphatic carbocycles. The van der Waals surface area contributed by atoms with Crippen LogP contribution in [0, 0.1) is 13.8 Å². The van der Waals surface area contributed by atoms with Crippen molar-refractivity contribution in [2.45, 2.75) is 40.2 Å². The first kappa shape index (κ1) is 26.3. The lowest BCUT2D eigenvalue weighted by Gasteiger charge is -2.26. The first-order valence-corrected chi connectivity index (χ1v) is 12.1. The molecule has 2 aromatic rings. The van der Waals surface area contributed by atoms with Crippen molar-refractivity contribution in [1.29, 1.82) is 0 Å². The van der Waals surface area contributed by atoms with Crippen LogP contribution in [-0.4, -0.2) is 94.4 Å². The second kappa shape index (κ2) is 12.4. The minimum Gasteiger partial charge on any atom is -0.365 e. The molecular formula is C26H35N5O4. The first-order valence-electron chi connectivity index (χ1n) is 12.1. The summed E-state index contributed by atoms with van der Waals surface area (Å²) in [5.74, 6) is -0.114. The Morgan fingerprint density at radius 3 is 2.46 bits per heavy atom. The lowest BCUT2D eigenvalue weighted by atomic mass is 10.1. The molecule has 0 unspecified atom stereocenters. The van der Waals surface area contributed by atoms with Gasteiger partial charge < -0.3 is 19.4 Å². The molecule has 1 aliphatic heterocycles. The molecule has 9 nitrogen and oxygen atoms in total. The number of aromatic nitrogens is 2. The minimum atomic E-state index is -0.496. The van der Waals surface area contributed by atoms with Crippen LogP contribution < -0.4 is 0 Å². The Hall–Kier alpha value is -3.33. The number of carbonyl (C=O) groups is 3. The Morgan fingerprint density at radius 1 is 1.09 bits per heavy atom. The van der Waals surface area contributed by atoms with Gasteiger partial charge in [0.2, 0.25) is 11.8 Å². The van der Waals surface area contributed by atoms with Crippen LogP contribution in [0.25, 0.3) is 0 Å². The number of hydrogen-bond donors (Lipinski definition) is 0. The van der Waals surface area contributed by atoms with E-state index < -0.39 is 6.10 Å². The molecule has 35 heavy (non-hydrogen) atoms. The third kappa shape index (κ3) is 7.32. The van der Waals surface area contributed by atoms with Gasteiger partial charge in [-0.3, -0.25) is 14.4 Å². The molecule has 1 aliphatic rings. The van der Waals surface area contributed by atoms with Gasteiger partial charge in [-0.15, -0.1) is 0 Å². The molecule has 1 saturated heterocycles. The average Bonchev–Trinajstić information content (AvgIpc) is 3.00. The Kier molecular flexibility index (Phi) is 9.31. The second-order valence-corrected chi connectivity index (χ2v) is 8.70. The molecular weight excluding hydrogens is 446 g/mol. The molecule has 9 heteroatoms. The van der Waals surface area contributed by atoms with Crippen molar-refractivity contribution in [3.8, 4) is 0 Å². The molecule has 0 bridgehead atoms. The monoisotopic (exact) mass is 481 g/mol. The number of hydrogen-bond acceptors (Lipinski definition) is 6. The van der Waals surface area contributed by atoms with Crippen molar-refractivity contribution in [2.75, 3.05) is 45.9 Å². The number of amides is 3. The highest BCUT2D eigenvalue weighted by Crippen LogP contribution is 2.14. The van der Waals surface area contributed by atoms with Crippen LogP contribution in [0.1, 0.15) is 41.4 Å². The third-order valence-corrected chi connectivity index (χ3v) is 6.07. The van der Waals surface area contributed by atoms with Gasteiger partial charge in [0.15, 0.2) is 0 Å². The van der Waals surface area contributed by atoms with Gasteiger partial charge in [0.25, 0.3) is 5.91 Å². The lowest BCUT2D eigenvalue weighted by molar-refractivity contribution is -0.138. The Bertz CT molecular complexity index is 1010. The molecule has 0 radical (unpaired) electrons. The first-order chi connectivity index (χ1) is 16.8. The van der Waals surface area contributed by atoms with Crippen molar-refractivity contribution in [2.24, 2.45) is 0 Å². The summed E-state index contributed by atoms with van der Waals surface area (Å²) in [6.07, 6.45) is 0.195. The maximum absolute atomic E-state index is 13.3. The lowest BCUT2D eigenvalue weighted by Crippen LogP contribution is -2.42. The predicted octanol–water partition coefficient (Wildman–Crippen LogP) is 1.87. The van der Waals surface area contributed by atoms with Crippen LogP contribution in [0.2, 0.25) is 0 Å². The SMILES string of the molecule is CCN(CC)C(=O)CO[C@H]1CN(CCc2ccccc2)C(=O)CN(C(=O)c2cc(C)nc(C)n2)C1. The van der Waals surface area contributed by atoms with Gasteiger partial charge in [0, 0.05) is 38.4 Å². The second-order valence-electron chi connectivity index (χ2n) is 8.70. The van der Waals surface area contributed by atoms with Gasteiger partial charge in [-0.2, -0.15) is 0 Å². The average molecular weight is 482 g/mol. The van der Waals surface area contributed by atoms with E-state index in [1.165, 1.54) is 4.90 Å². The van der Waals surface area contributed by atoms with Crippen molar-refractivity contribution in [3.63, 3.8) is 0 Å². The van der Waals surface area contributed by atoms with Gasteiger partial charge in [-0.1, -0.05) is 30.3 Å². The van der Waals surface area contributed by atoms with Crippen LogP contribution >= 0.6 is 0 Å². The summed E-state index contributed by atoms with van der Waals surface area (Å²) in [5, 5.41) is 0. The molecule has 2 heterocycles. The molecule has 1 atom stereocenters. The standard InChI is InChI=1S/C26H35N5O4/c1-5-29(6-2)25(33)18-35-22-15-30(13-12-21-10-8-7-9-11-21)24(32)17-31(16-22)26(34)23-14-19(3)27-20(4)28-23/h7-11,14,22H,5-6,12-13,15-18H2,1-4H3/t22-/m0/s1. The summed E-state index contributed by atoms with van der Waals surface area (Å²) < 4.78 is 5.99. The predicted molar refractivity (Wildman–Crippen MR) is 132 cm³/mol. The quantitative estimate of drug-likeness (QED) is 0.543. The number of likely N-dealkylation sites (N-methyl/N-ethyl adjacent to an activating group) is 1. The Balaban J connectivity index is 1.77. The van der Waals surface area contributed by atoms with Crippen LogP contribution in [0.4, 0.5) is 0 Å². The van der Waals surface area contributed by atoms with Gasteiger partial charge in [0.05, 0.1) is 6.10 Å². The van der Waals surface area contributed by atoms with E-state index in [4.69, 9.17) is 4.74 Å². The van der Waals surface area contributed by atoms with Crippen LogP contribution in [0.5, 0.6) is 0 Å². The van der Waals surface area contributed by atoms with Crippen molar-refractivity contribution >= 4 is 17.7 Å². The number of nitrogens with zero attached hydrogens (tertiary/aromatic N) is 5.